The predicted octanol–water partition coefficient (Wildman–Crippen LogP) is 2.03. The van der Waals surface area contributed by atoms with E-state index in [1.807, 2.05) is 31.2 Å². The van der Waals surface area contributed by atoms with E-state index in [2.05, 4.69) is 10.6 Å². The highest BCUT2D eigenvalue weighted by atomic mass is 16.5. The number of carbonyl (C=O) groups is 1. The van der Waals surface area contributed by atoms with E-state index >= 15 is 0 Å². The van der Waals surface area contributed by atoms with Crippen LogP contribution in [0.15, 0.2) is 24.3 Å². The summed E-state index contributed by atoms with van der Waals surface area (Å²) in [6.45, 7) is 2.68. The van der Waals surface area contributed by atoms with Gasteiger partial charge in [-0.15, -0.1) is 0 Å². The molecule has 2 rings (SSSR count). The van der Waals surface area contributed by atoms with E-state index in [0.717, 1.165) is 18.5 Å². The summed E-state index contributed by atoms with van der Waals surface area (Å²) in [5, 5.41) is 6.29. The lowest BCUT2D eigenvalue weighted by Crippen LogP contribution is -2.25. The second kappa shape index (κ2) is 5.87. The number of methoxy groups -OCH3 is 1. The number of benzene rings is 1. The van der Waals surface area contributed by atoms with Crippen LogP contribution in [0.4, 0.5) is 5.69 Å². The fraction of sp³-hybridized carbons (Fsp3) is 0.500. The molecule has 18 heavy (non-hydrogen) atoms. The highest BCUT2D eigenvalue weighted by Gasteiger charge is 2.23. The van der Waals surface area contributed by atoms with Gasteiger partial charge >= 0.3 is 0 Å². The minimum atomic E-state index is 0.0144. The van der Waals surface area contributed by atoms with Crippen molar-refractivity contribution in [3.05, 3.63) is 29.8 Å². The first-order chi connectivity index (χ1) is 8.69. The molecule has 1 aromatic carbocycles. The van der Waals surface area contributed by atoms with Crippen LogP contribution in [-0.2, 0) is 4.74 Å². The van der Waals surface area contributed by atoms with Crippen molar-refractivity contribution < 1.29 is 9.53 Å². The maximum Gasteiger partial charge on any atom is 0.251 e. The third-order valence-corrected chi connectivity index (χ3v) is 2.87. The summed E-state index contributed by atoms with van der Waals surface area (Å²) >= 11 is 0. The van der Waals surface area contributed by atoms with Crippen LogP contribution < -0.4 is 10.6 Å². The molecule has 1 saturated carbocycles. The summed E-state index contributed by atoms with van der Waals surface area (Å²) in [6, 6.07) is 8.18. The van der Waals surface area contributed by atoms with Gasteiger partial charge in [0.1, 0.15) is 0 Å². The third-order valence-electron chi connectivity index (χ3n) is 2.87. The molecular weight excluding hydrogens is 228 g/mol. The Hall–Kier alpha value is -1.55. The molecule has 2 N–H and O–H groups in total. The Bertz CT molecular complexity index is 416. The molecule has 1 unspecified atom stereocenters. The minimum Gasteiger partial charge on any atom is -0.383 e. The molecule has 1 aromatic rings. The second-order valence-electron chi connectivity index (χ2n) is 4.83. The minimum absolute atomic E-state index is 0.0144. The summed E-state index contributed by atoms with van der Waals surface area (Å²) in [4.78, 5) is 11.9. The molecule has 1 aliphatic carbocycles. The Morgan fingerprint density at radius 1 is 1.50 bits per heavy atom. The van der Waals surface area contributed by atoms with Crippen molar-refractivity contribution >= 4 is 11.6 Å². The van der Waals surface area contributed by atoms with Crippen molar-refractivity contribution in [3.8, 4) is 0 Å². The van der Waals surface area contributed by atoms with E-state index < -0.39 is 0 Å². The summed E-state index contributed by atoms with van der Waals surface area (Å²) in [6.07, 6.45) is 2.21. The Labute approximate surface area is 108 Å². The standard InChI is InChI=1S/C14H20N2O2/c1-10(9-18-2)15-13-5-3-4-11(8-13)14(17)16-12-6-7-12/h3-5,8,10,12,15H,6-7,9H2,1-2H3,(H,16,17). The fourth-order valence-corrected chi connectivity index (χ4v) is 1.82. The van der Waals surface area contributed by atoms with Gasteiger partial charge in [0.2, 0.25) is 0 Å². The number of rotatable bonds is 6. The van der Waals surface area contributed by atoms with Gasteiger partial charge in [0.05, 0.1) is 6.61 Å². The van der Waals surface area contributed by atoms with Gasteiger partial charge in [-0.3, -0.25) is 4.79 Å². The Kier molecular flexibility index (Phi) is 4.20. The monoisotopic (exact) mass is 248 g/mol. The highest BCUT2D eigenvalue weighted by Crippen LogP contribution is 2.20. The Morgan fingerprint density at radius 2 is 2.28 bits per heavy atom. The van der Waals surface area contributed by atoms with Crippen LogP contribution in [0.1, 0.15) is 30.1 Å². The van der Waals surface area contributed by atoms with Crippen molar-refractivity contribution in [2.75, 3.05) is 19.0 Å². The van der Waals surface area contributed by atoms with Crippen LogP contribution in [0.3, 0.4) is 0 Å². The molecule has 98 valence electrons. The number of hydrogen-bond donors (Lipinski definition) is 2. The fourth-order valence-electron chi connectivity index (χ4n) is 1.82. The van der Waals surface area contributed by atoms with Crippen LogP contribution >= 0.6 is 0 Å². The van der Waals surface area contributed by atoms with Crippen molar-refractivity contribution in [3.63, 3.8) is 0 Å². The van der Waals surface area contributed by atoms with E-state index in [1.165, 1.54) is 0 Å². The van der Waals surface area contributed by atoms with Crippen LogP contribution in [0.5, 0.6) is 0 Å². The molecule has 4 nitrogen and oxygen atoms in total. The van der Waals surface area contributed by atoms with Gasteiger partial charge in [-0.25, -0.2) is 0 Å². The molecule has 1 amide bonds. The summed E-state index contributed by atoms with van der Waals surface area (Å²) in [5.74, 6) is 0.0144. The molecule has 1 fully saturated rings. The second-order valence-corrected chi connectivity index (χ2v) is 4.83. The molecular formula is C14H20N2O2. The predicted molar refractivity (Wildman–Crippen MR) is 71.9 cm³/mol. The van der Waals surface area contributed by atoms with E-state index in [0.29, 0.717) is 18.2 Å². The number of anilines is 1. The number of nitrogens with one attached hydrogen (secondary N) is 2. The summed E-state index contributed by atoms with van der Waals surface area (Å²) in [7, 11) is 1.68. The average molecular weight is 248 g/mol. The smallest absolute Gasteiger partial charge is 0.251 e. The molecule has 0 aliphatic heterocycles. The van der Waals surface area contributed by atoms with E-state index in [-0.39, 0.29) is 11.9 Å². The molecule has 0 bridgehead atoms. The third kappa shape index (κ3) is 3.74. The first-order valence-electron chi connectivity index (χ1n) is 6.35. The lowest BCUT2D eigenvalue weighted by molar-refractivity contribution is 0.0951. The maximum atomic E-state index is 11.9. The van der Waals surface area contributed by atoms with Gasteiger partial charge < -0.3 is 15.4 Å². The molecule has 4 heteroatoms. The zero-order valence-electron chi connectivity index (χ0n) is 10.9. The van der Waals surface area contributed by atoms with Crippen molar-refractivity contribution in [1.82, 2.24) is 5.32 Å². The topological polar surface area (TPSA) is 50.4 Å². The molecule has 0 heterocycles. The Balaban J connectivity index is 1.97. The molecule has 1 aliphatic rings. The lowest BCUT2D eigenvalue weighted by atomic mass is 10.1. The highest BCUT2D eigenvalue weighted by molar-refractivity contribution is 5.95. The van der Waals surface area contributed by atoms with Crippen molar-refractivity contribution in [1.29, 1.82) is 0 Å². The van der Waals surface area contributed by atoms with Gasteiger partial charge in [0.25, 0.3) is 5.91 Å². The summed E-state index contributed by atoms with van der Waals surface area (Å²) < 4.78 is 5.07. The van der Waals surface area contributed by atoms with Gasteiger partial charge in [0.15, 0.2) is 0 Å². The van der Waals surface area contributed by atoms with Gasteiger partial charge in [-0.05, 0) is 38.0 Å². The molecule has 0 radical (unpaired) electrons. The van der Waals surface area contributed by atoms with Gasteiger partial charge in [-0.2, -0.15) is 0 Å². The van der Waals surface area contributed by atoms with Crippen LogP contribution in [0.25, 0.3) is 0 Å². The first-order valence-corrected chi connectivity index (χ1v) is 6.35. The summed E-state index contributed by atoms with van der Waals surface area (Å²) in [5.41, 5.74) is 1.65. The largest absolute Gasteiger partial charge is 0.383 e. The average Bonchev–Trinajstić information content (AvgIpc) is 3.13. The van der Waals surface area contributed by atoms with Crippen LogP contribution in [0.2, 0.25) is 0 Å². The van der Waals surface area contributed by atoms with Crippen LogP contribution in [0, 0.1) is 0 Å². The van der Waals surface area contributed by atoms with E-state index in [4.69, 9.17) is 4.74 Å². The number of amides is 1. The molecule has 0 aromatic heterocycles. The van der Waals surface area contributed by atoms with E-state index in [9.17, 15) is 4.79 Å². The number of carbonyl (C=O) groups excluding carboxylic acids is 1. The van der Waals surface area contributed by atoms with Crippen molar-refractivity contribution in [2.45, 2.75) is 31.8 Å². The molecule has 0 saturated heterocycles. The molecule has 1 atom stereocenters. The quantitative estimate of drug-likeness (QED) is 0.810. The van der Waals surface area contributed by atoms with Gasteiger partial charge in [0, 0.05) is 30.4 Å². The van der Waals surface area contributed by atoms with E-state index in [1.54, 1.807) is 7.11 Å². The van der Waals surface area contributed by atoms with Crippen molar-refractivity contribution in [2.24, 2.45) is 0 Å². The molecule has 0 spiro atoms. The first kappa shape index (κ1) is 12.9. The zero-order chi connectivity index (χ0) is 13.0. The maximum absolute atomic E-state index is 11.9. The number of hydrogen-bond acceptors (Lipinski definition) is 3. The van der Waals surface area contributed by atoms with Gasteiger partial charge in [-0.1, -0.05) is 6.07 Å². The Morgan fingerprint density at radius 3 is 2.94 bits per heavy atom. The normalized spacial score (nSPS) is 16.1. The SMILES string of the molecule is COCC(C)Nc1cccc(C(=O)NC2CC2)c1. The zero-order valence-corrected chi connectivity index (χ0v) is 10.9. The van der Waals surface area contributed by atoms with Crippen LogP contribution in [-0.4, -0.2) is 31.7 Å². The lowest BCUT2D eigenvalue weighted by Gasteiger charge is -2.14. The number of ether oxygens (including phenoxy) is 1.